The van der Waals surface area contributed by atoms with E-state index in [1.54, 1.807) is 7.11 Å². The molecule has 19 heavy (non-hydrogen) atoms. The molecule has 0 aliphatic rings. The Morgan fingerprint density at radius 2 is 1.42 bits per heavy atom. The topological polar surface area (TPSA) is 47.3 Å². The molecular formula is C16H20N2O. The first kappa shape index (κ1) is 13.7. The van der Waals surface area contributed by atoms with Crippen molar-refractivity contribution in [3.8, 4) is 0 Å². The molecule has 1 atom stereocenters. The van der Waals surface area contributed by atoms with Gasteiger partial charge >= 0.3 is 0 Å². The van der Waals surface area contributed by atoms with Crippen molar-refractivity contribution in [1.82, 2.24) is 5.43 Å². The van der Waals surface area contributed by atoms with E-state index in [0.717, 1.165) is 0 Å². The fourth-order valence-electron chi connectivity index (χ4n) is 2.40. The molecule has 3 heteroatoms. The molecule has 0 radical (unpaired) electrons. The summed E-state index contributed by atoms with van der Waals surface area (Å²) in [6, 6.07) is 20.8. The molecule has 0 aliphatic heterocycles. The van der Waals surface area contributed by atoms with Gasteiger partial charge in [0.25, 0.3) is 0 Å². The molecule has 0 saturated heterocycles. The van der Waals surface area contributed by atoms with E-state index in [1.807, 2.05) is 36.4 Å². The summed E-state index contributed by atoms with van der Waals surface area (Å²) < 4.78 is 5.28. The number of hydrazine groups is 1. The number of benzene rings is 2. The fourth-order valence-corrected chi connectivity index (χ4v) is 2.40. The molecule has 100 valence electrons. The first-order chi connectivity index (χ1) is 9.36. The van der Waals surface area contributed by atoms with Gasteiger partial charge in [-0.2, -0.15) is 0 Å². The van der Waals surface area contributed by atoms with Gasteiger partial charge < -0.3 is 4.74 Å². The van der Waals surface area contributed by atoms with Crippen molar-refractivity contribution in [1.29, 1.82) is 0 Å². The molecular weight excluding hydrogens is 236 g/mol. The van der Waals surface area contributed by atoms with Gasteiger partial charge in [0.05, 0.1) is 12.6 Å². The van der Waals surface area contributed by atoms with E-state index in [1.165, 1.54) is 11.1 Å². The summed E-state index contributed by atoms with van der Waals surface area (Å²) >= 11 is 0. The van der Waals surface area contributed by atoms with E-state index in [0.29, 0.717) is 6.61 Å². The van der Waals surface area contributed by atoms with Crippen LogP contribution in [0.3, 0.4) is 0 Å². The number of nitrogens with two attached hydrogens (primary N) is 1. The van der Waals surface area contributed by atoms with E-state index >= 15 is 0 Å². The number of hydrogen-bond acceptors (Lipinski definition) is 3. The van der Waals surface area contributed by atoms with Crippen molar-refractivity contribution in [2.45, 2.75) is 12.0 Å². The summed E-state index contributed by atoms with van der Waals surface area (Å²) in [6.45, 7) is 0.560. The molecule has 2 aromatic carbocycles. The monoisotopic (exact) mass is 256 g/mol. The highest BCUT2D eigenvalue weighted by atomic mass is 16.5. The third-order valence-electron chi connectivity index (χ3n) is 3.28. The van der Waals surface area contributed by atoms with Crippen LogP contribution in [0.25, 0.3) is 0 Å². The Labute approximate surface area is 114 Å². The standard InChI is InChI=1S/C16H20N2O/c1-19-12-15(18-17)16(13-8-4-2-5-9-13)14-10-6-3-7-11-14/h2-11,15-16,18H,12,17H2,1H3. The van der Waals surface area contributed by atoms with E-state index in [-0.39, 0.29) is 12.0 Å². The summed E-state index contributed by atoms with van der Waals surface area (Å²) in [7, 11) is 1.69. The van der Waals surface area contributed by atoms with Crippen LogP contribution in [-0.4, -0.2) is 19.8 Å². The van der Waals surface area contributed by atoms with Crippen LogP contribution in [0.5, 0.6) is 0 Å². The SMILES string of the molecule is COCC(NN)C(c1ccccc1)c1ccccc1. The normalized spacial score (nSPS) is 12.6. The maximum atomic E-state index is 5.70. The molecule has 0 aromatic heterocycles. The van der Waals surface area contributed by atoms with Crippen LogP contribution < -0.4 is 11.3 Å². The Morgan fingerprint density at radius 1 is 0.947 bits per heavy atom. The Kier molecular flexibility index (Phi) is 5.10. The highest BCUT2D eigenvalue weighted by molar-refractivity contribution is 5.34. The fraction of sp³-hybridized carbons (Fsp3) is 0.250. The van der Waals surface area contributed by atoms with Gasteiger partial charge in [-0.05, 0) is 11.1 Å². The van der Waals surface area contributed by atoms with E-state index in [2.05, 4.69) is 29.7 Å². The second kappa shape index (κ2) is 7.04. The minimum Gasteiger partial charge on any atom is -0.383 e. The third-order valence-corrected chi connectivity index (χ3v) is 3.28. The van der Waals surface area contributed by atoms with Crippen molar-refractivity contribution >= 4 is 0 Å². The lowest BCUT2D eigenvalue weighted by atomic mass is 9.85. The zero-order valence-corrected chi connectivity index (χ0v) is 11.1. The van der Waals surface area contributed by atoms with Gasteiger partial charge in [-0.1, -0.05) is 60.7 Å². The van der Waals surface area contributed by atoms with Crippen molar-refractivity contribution in [3.63, 3.8) is 0 Å². The maximum Gasteiger partial charge on any atom is 0.0638 e. The molecule has 0 fully saturated rings. The second-order valence-electron chi connectivity index (χ2n) is 4.53. The van der Waals surface area contributed by atoms with Gasteiger partial charge in [0.15, 0.2) is 0 Å². The zero-order valence-electron chi connectivity index (χ0n) is 11.1. The summed E-state index contributed by atoms with van der Waals surface area (Å²) in [5, 5.41) is 0. The second-order valence-corrected chi connectivity index (χ2v) is 4.53. The lowest BCUT2D eigenvalue weighted by Crippen LogP contribution is -2.43. The number of ether oxygens (including phenoxy) is 1. The summed E-state index contributed by atoms with van der Waals surface area (Å²) in [5.74, 6) is 5.88. The smallest absolute Gasteiger partial charge is 0.0638 e. The van der Waals surface area contributed by atoms with Gasteiger partial charge in [-0.15, -0.1) is 0 Å². The van der Waals surface area contributed by atoms with Gasteiger partial charge in [0, 0.05) is 13.0 Å². The van der Waals surface area contributed by atoms with E-state index < -0.39 is 0 Å². The lowest BCUT2D eigenvalue weighted by molar-refractivity contribution is 0.160. The van der Waals surface area contributed by atoms with Crippen LogP contribution in [0.2, 0.25) is 0 Å². The van der Waals surface area contributed by atoms with Crippen LogP contribution in [0.15, 0.2) is 60.7 Å². The number of methoxy groups -OCH3 is 1. The molecule has 3 nitrogen and oxygen atoms in total. The summed E-state index contributed by atoms with van der Waals surface area (Å²) in [6.07, 6.45) is 0. The molecule has 2 rings (SSSR count). The maximum absolute atomic E-state index is 5.70. The van der Waals surface area contributed by atoms with Gasteiger partial charge in [0.1, 0.15) is 0 Å². The van der Waals surface area contributed by atoms with Crippen LogP contribution in [0.4, 0.5) is 0 Å². The molecule has 2 aromatic rings. The van der Waals surface area contributed by atoms with Crippen molar-refractivity contribution < 1.29 is 4.74 Å². The van der Waals surface area contributed by atoms with Crippen LogP contribution >= 0.6 is 0 Å². The Morgan fingerprint density at radius 3 is 1.79 bits per heavy atom. The largest absolute Gasteiger partial charge is 0.383 e. The van der Waals surface area contributed by atoms with Crippen LogP contribution in [-0.2, 0) is 4.74 Å². The first-order valence-electron chi connectivity index (χ1n) is 6.41. The van der Waals surface area contributed by atoms with Crippen molar-refractivity contribution in [2.24, 2.45) is 5.84 Å². The predicted octanol–water partition coefficient (Wildman–Crippen LogP) is 2.30. The minimum atomic E-state index is 0.0369. The zero-order chi connectivity index (χ0) is 13.5. The third kappa shape index (κ3) is 3.41. The predicted molar refractivity (Wildman–Crippen MR) is 77.7 cm³/mol. The quantitative estimate of drug-likeness (QED) is 0.616. The average Bonchev–Trinajstić information content (AvgIpc) is 2.49. The molecule has 0 heterocycles. The van der Waals surface area contributed by atoms with Gasteiger partial charge in [-0.3, -0.25) is 11.3 Å². The Balaban J connectivity index is 2.38. The molecule has 1 unspecified atom stereocenters. The molecule has 0 aliphatic carbocycles. The van der Waals surface area contributed by atoms with E-state index in [4.69, 9.17) is 10.6 Å². The minimum absolute atomic E-state index is 0.0369. The first-order valence-corrected chi connectivity index (χ1v) is 6.41. The van der Waals surface area contributed by atoms with Crippen LogP contribution in [0, 0.1) is 0 Å². The highest BCUT2D eigenvalue weighted by Gasteiger charge is 2.23. The Hall–Kier alpha value is -1.68. The average molecular weight is 256 g/mol. The van der Waals surface area contributed by atoms with Crippen molar-refractivity contribution in [3.05, 3.63) is 71.8 Å². The summed E-state index contributed by atoms with van der Waals surface area (Å²) in [4.78, 5) is 0. The molecule has 0 amide bonds. The number of rotatable bonds is 6. The number of nitrogens with one attached hydrogen (secondary N) is 1. The van der Waals surface area contributed by atoms with Gasteiger partial charge in [0.2, 0.25) is 0 Å². The lowest BCUT2D eigenvalue weighted by Gasteiger charge is -2.27. The molecule has 0 bridgehead atoms. The molecule has 0 spiro atoms. The van der Waals surface area contributed by atoms with Crippen molar-refractivity contribution in [2.75, 3.05) is 13.7 Å². The molecule has 3 N–H and O–H groups in total. The molecule has 0 saturated carbocycles. The van der Waals surface area contributed by atoms with Crippen LogP contribution in [0.1, 0.15) is 17.0 Å². The number of hydrogen-bond donors (Lipinski definition) is 2. The highest BCUT2D eigenvalue weighted by Crippen LogP contribution is 2.27. The van der Waals surface area contributed by atoms with E-state index in [9.17, 15) is 0 Å². The van der Waals surface area contributed by atoms with Gasteiger partial charge in [-0.25, -0.2) is 0 Å². The Bertz CT molecular complexity index is 433. The summed E-state index contributed by atoms with van der Waals surface area (Å²) in [5.41, 5.74) is 5.34.